The number of hydrogen-bond donors (Lipinski definition) is 1. The van der Waals surface area contributed by atoms with Crippen molar-refractivity contribution < 1.29 is 14.3 Å². The lowest BCUT2D eigenvalue weighted by Crippen LogP contribution is -2.53. The second-order valence-corrected chi connectivity index (χ2v) is 9.16. The van der Waals surface area contributed by atoms with E-state index >= 15 is 0 Å². The van der Waals surface area contributed by atoms with Gasteiger partial charge in [0.15, 0.2) is 0 Å². The fraction of sp³-hybridized carbons (Fsp3) is 0.429. The molecule has 1 fully saturated rings. The highest BCUT2D eigenvalue weighted by Crippen LogP contribution is 2.32. The normalized spacial score (nSPS) is 19.6. The van der Waals surface area contributed by atoms with Crippen LogP contribution in [-0.4, -0.2) is 72.6 Å². The van der Waals surface area contributed by atoms with Gasteiger partial charge in [0.1, 0.15) is 0 Å². The van der Waals surface area contributed by atoms with Crippen LogP contribution in [0.25, 0.3) is 0 Å². The Morgan fingerprint density at radius 3 is 2.29 bits per heavy atom. The Morgan fingerprint density at radius 2 is 1.66 bits per heavy atom. The van der Waals surface area contributed by atoms with Gasteiger partial charge >= 0.3 is 12.0 Å². The van der Waals surface area contributed by atoms with Crippen LogP contribution in [0.1, 0.15) is 36.6 Å². The van der Waals surface area contributed by atoms with Crippen LogP contribution < -0.4 is 5.32 Å². The van der Waals surface area contributed by atoms with Gasteiger partial charge in [0, 0.05) is 51.5 Å². The number of aryl methyl sites for hydroxylation is 1. The van der Waals surface area contributed by atoms with Gasteiger partial charge in [-0.15, -0.1) is 0 Å². The van der Waals surface area contributed by atoms with E-state index in [4.69, 9.17) is 4.74 Å². The van der Waals surface area contributed by atoms with Gasteiger partial charge < -0.3 is 10.1 Å². The summed E-state index contributed by atoms with van der Waals surface area (Å²) in [6, 6.07) is 17.6. The Morgan fingerprint density at radius 1 is 0.971 bits per heavy atom. The lowest BCUT2D eigenvalue weighted by molar-refractivity contribution is -0.139. The van der Waals surface area contributed by atoms with Crippen molar-refractivity contribution in [2.24, 2.45) is 0 Å². The van der Waals surface area contributed by atoms with Crippen molar-refractivity contribution in [2.75, 3.05) is 45.9 Å². The van der Waals surface area contributed by atoms with Crippen LogP contribution >= 0.6 is 0 Å². The first kappa shape index (κ1) is 24.9. The molecular formula is C28H36N4O3. The number of piperazine rings is 1. The van der Waals surface area contributed by atoms with E-state index in [2.05, 4.69) is 46.3 Å². The molecule has 2 aromatic carbocycles. The number of amides is 2. The van der Waals surface area contributed by atoms with Crippen LogP contribution in [0.2, 0.25) is 0 Å². The molecule has 0 spiro atoms. The van der Waals surface area contributed by atoms with E-state index < -0.39 is 6.04 Å². The van der Waals surface area contributed by atoms with E-state index in [1.807, 2.05) is 44.2 Å². The Labute approximate surface area is 208 Å². The third-order valence-electron chi connectivity index (χ3n) is 6.71. The first-order chi connectivity index (χ1) is 17.0. The molecule has 7 heteroatoms. The summed E-state index contributed by atoms with van der Waals surface area (Å²) in [4.78, 5) is 32.8. The minimum atomic E-state index is -0.525. The highest BCUT2D eigenvalue weighted by atomic mass is 16.5. The average molecular weight is 477 g/mol. The Kier molecular flexibility index (Phi) is 8.21. The van der Waals surface area contributed by atoms with Gasteiger partial charge in [-0.3, -0.25) is 14.7 Å². The van der Waals surface area contributed by atoms with Gasteiger partial charge in [-0.1, -0.05) is 60.2 Å². The van der Waals surface area contributed by atoms with Gasteiger partial charge in [-0.05, 0) is 31.9 Å². The van der Waals surface area contributed by atoms with Crippen molar-refractivity contribution in [3.8, 4) is 0 Å². The molecule has 0 aliphatic carbocycles. The van der Waals surface area contributed by atoms with Crippen LogP contribution in [-0.2, 0) is 16.1 Å². The third-order valence-corrected chi connectivity index (χ3v) is 6.71. The number of likely N-dealkylation sites (N-methyl/N-ethyl adjacent to an activating group) is 1. The lowest BCUT2D eigenvalue weighted by Gasteiger charge is -2.40. The standard InChI is InChI=1S/C28H36N4O3/c1-4-32-24(20-31-16-14-30(15-17-31)19-22-11-9-10-21(3)18-22)25(27(33)35-5-2)26(29-28(32)34)23-12-7-6-8-13-23/h6-13,18,26H,4-5,14-17,19-20H2,1-3H3,(H,29,34)/t26-/m0/s1. The summed E-state index contributed by atoms with van der Waals surface area (Å²) in [5, 5.41) is 3.03. The molecule has 35 heavy (non-hydrogen) atoms. The van der Waals surface area contributed by atoms with Crippen LogP contribution in [0.3, 0.4) is 0 Å². The van der Waals surface area contributed by atoms with E-state index in [0.29, 0.717) is 18.7 Å². The predicted molar refractivity (Wildman–Crippen MR) is 137 cm³/mol. The minimum absolute atomic E-state index is 0.178. The second kappa shape index (κ2) is 11.5. The second-order valence-electron chi connectivity index (χ2n) is 9.16. The van der Waals surface area contributed by atoms with Crippen LogP contribution in [0.15, 0.2) is 65.9 Å². The Bertz CT molecular complexity index is 1060. The molecule has 2 aliphatic heterocycles. The number of benzene rings is 2. The summed E-state index contributed by atoms with van der Waals surface area (Å²) < 4.78 is 5.47. The molecule has 0 aromatic heterocycles. The summed E-state index contributed by atoms with van der Waals surface area (Å²) in [6.45, 7) is 11.7. The molecular weight excluding hydrogens is 440 g/mol. The number of carbonyl (C=O) groups excluding carboxylic acids is 2. The molecule has 4 rings (SSSR count). The van der Waals surface area contributed by atoms with Crippen molar-refractivity contribution in [3.63, 3.8) is 0 Å². The van der Waals surface area contributed by atoms with Crippen LogP contribution in [0.5, 0.6) is 0 Å². The first-order valence-corrected chi connectivity index (χ1v) is 12.5. The zero-order valence-electron chi connectivity index (χ0n) is 21.0. The zero-order chi connectivity index (χ0) is 24.8. The average Bonchev–Trinajstić information content (AvgIpc) is 2.86. The molecule has 2 amide bonds. The maximum Gasteiger partial charge on any atom is 0.338 e. The van der Waals surface area contributed by atoms with Gasteiger partial charge in [-0.25, -0.2) is 9.59 Å². The molecule has 2 heterocycles. The number of urea groups is 1. The fourth-order valence-electron chi connectivity index (χ4n) is 4.94. The summed E-state index contributed by atoms with van der Waals surface area (Å²) >= 11 is 0. The number of rotatable bonds is 8. The van der Waals surface area contributed by atoms with E-state index in [0.717, 1.165) is 44.0 Å². The third kappa shape index (κ3) is 5.92. The highest BCUT2D eigenvalue weighted by Gasteiger charge is 2.38. The van der Waals surface area contributed by atoms with Gasteiger partial charge in [0.25, 0.3) is 0 Å². The van der Waals surface area contributed by atoms with Crippen molar-refractivity contribution in [2.45, 2.75) is 33.4 Å². The molecule has 186 valence electrons. The van der Waals surface area contributed by atoms with Crippen molar-refractivity contribution in [3.05, 3.63) is 82.6 Å². The maximum atomic E-state index is 13.2. The summed E-state index contributed by atoms with van der Waals surface area (Å²) in [7, 11) is 0. The Hall–Kier alpha value is -3.16. The summed E-state index contributed by atoms with van der Waals surface area (Å²) in [5.74, 6) is -0.368. The molecule has 1 atom stereocenters. The Balaban J connectivity index is 1.55. The molecule has 1 N–H and O–H groups in total. The van der Waals surface area contributed by atoms with Gasteiger partial charge in [0.2, 0.25) is 0 Å². The monoisotopic (exact) mass is 476 g/mol. The smallest absolute Gasteiger partial charge is 0.338 e. The molecule has 0 unspecified atom stereocenters. The van der Waals surface area contributed by atoms with Gasteiger partial charge in [-0.2, -0.15) is 0 Å². The van der Waals surface area contributed by atoms with Crippen molar-refractivity contribution in [1.29, 1.82) is 0 Å². The number of esters is 1. The molecule has 2 aromatic rings. The van der Waals surface area contributed by atoms with Crippen molar-refractivity contribution >= 4 is 12.0 Å². The summed E-state index contributed by atoms with van der Waals surface area (Å²) in [6.07, 6.45) is 0. The SMILES string of the molecule is CCOC(=O)C1=C(CN2CCN(Cc3cccc(C)c3)CC2)N(CC)C(=O)N[C@H]1c1ccccc1. The highest BCUT2D eigenvalue weighted by molar-refractivity contribution is 5.95. The molecule has 0 bridgehead atoms. The fourth-order valence-corrected chi connectivity index (χ4v) is 4.94. The molecule has 0 radical (unpaired) electrons. The topological polar surface area (TPSA) is 65.1 Å². The van der Waals surface area contributed by atoms with Crippen LogP contribution in [0.4, 0.5) is 4.79 Å². The van der Waals surface area contributed by atoms with E-state index in [-0.39, 0.29) is 18.6 Å². The van der Waals surface area contributed by atoms with E-state index in [9.17, 15) is 9.59 Å². The quantitative estimate of drug-likeness (QED) is 0.589. The van der Waals surface area contributed by atoms with Crippen LogP contribution in [0, 0.1) is 6.92 Å². The summed E-state index contributed by atoms with van der Waals surface area (Å²) in [5.41, 5.74) is 4.76. The zero-order valence-corrected chi connectivity index (χ0v) is 21.0. The predicted octanol–water partition coefficient (Wildman–Crippen LogP) is 3.72. The van der Waals surface area contributed by atoms with E-state index in [1.165, 1.54) is 11.1 Å². The molecule has 0 saturated carbocycles. The maximum absolute atomic E-state index is 13.2. The van der Waals surface area contributed by atoms with Crippen molar-refractivity contribution in [1.82, 2.24) is 20.0 Å². The number of ether oxygens (including phenoxy) is 1. The molecule has 1 saturated heterocycles. The molecule has 7 nitrogen and oxygen atoms in total. The number of nitrogens with one attached hydrogen (secondary N) is 1. The largest absolute Gasteiger partial charge is 0.463 e. The number of hydrogen-bond acceptors (Lipinski definition) is 5. The van der Waals surface area contributed by atoms with Gasteiger partial charge in [0.05, 0.1) is 18.2 Å². The first-order valence-electron chi connectivity index (χ1n) is 12.5. The number of carbonyl (C=O) groups is 2. The lowest BCUT2D eigenvalue weighted by atomic mass is 9.94. The van der Waals surface area contributed by atoms with E-state index in [1.54, 1.807) is 4.90 Å². The minimum Gasteiger partial charge on any atom is -0.463 e. The number of nitrogens with zero attached hydrogens (tertiary/aromatic N) is 3. The molecule has 2 aliphatic rings.